The van der Waals surface area contributed by atoms with Crippen LogP contribution in [0.2, 0.25) is 0 Å². The molecule has 1 aliphatic carbocycles. The summed E-state index contributed by atoms with van der Waals surface area (Å²) in [6, 6.07) is 1.46. The van der Waals surface area contributed by atoms with Crippen LogP contribution in [0.15, 0.2) is 12.3 Å². The van der Waals surface area contributed by atoms with Crippen LogP contribution in [0.5, 0.6) is 11.6 Å². The van der Waals surface area contributed by atoms with E-state index in [1.54, 1.807) is 0 Å². The first kappa shape index (κ1) is 12.0. The fraction of sp³-hybridized carbons (Fsp3) is 0.545. The van der Waals surface area contributed by atoms with Crippen LogP contribution < -0.4 is 15.2 Å². The average molecular weight is 244 g/mol. The van der Waals surface area contributed by atoms with Crippen LogP contribution in [0, 0.1) is 0 Å². The summed E-state index contributed by atoms with van der Waals surface area (Å²) < 4.78 is 37.0. The number of hydrogen-bond acceptors (Lipinski definition) is 4. The largest absolute Gasteiger partial charge is 0.495 e. The predicted molar refractivity (Wildman–Crippen MR) is 57.6 cm³/mol. The zero-order valence-electron chi connectivity index (χ0n) is 9.67. The smallest absolute Gasteiger partial charge is 0.260 e. The van der Waals surface area contributed by atoms with Crippen LogP contribution in [0.3, 0.4) is 0 Å². The number of halogens is 2. The summed E-state index contributed by atoms with van der Waals surface area (Å²) in [5.74, 6) is -2.20. The van der Waals surface area contributed by atoms with Crippen molar-refractivity contribution in [3.63, 3.8) is 0 Å². The number of alkyl halides is 2. The molecule has 1 heterocycles. The quantitative estimate of drug-likeness (QED) is 0.868. The normalized spacial score (nSPS) is 25.5. The van der Waals surface area contributed by atoms with Gasteiger partial charge in [0, 0.05) is 24.6 Å². The minimum Gasteiger partial charge on any atom is -0.495 e. The number of hydrogen-bond donors (Lipinski definition) is 1. The Kier molecular flexibility index (Phi) is 2.69. The first-order valence-electron chi connectivity index (χ1n) is 5.17. The maximum Gasteiger partial charge on any atom is 0.260 e. The van der Waals surface area contributed by atoms with E-state index >= 15 is 0 Å². The number of pyridine rings is 1. The fourth-order valence-corrected chi connectivity index (χ4v) is 2.03. The molecule has 0 spiro atoms. The molecule has 1 atom stereocenters. The minimum atomic E-state index is -2.79. The lowest BCUT2D eigenvalue weighted by atomic mass is 9.95. The van der Waals surface area contributed by atoms with E-state index in [2.05, 4.69) is 4.98 Å². The summed E-state index contributed by atoms with van der Waals surface area (Å²) in [5.41, 5.74) is 4.52. The number of aromatic nitrogens is 1. The highest BCUT2D eigenvalue weighted by Gasteiger charge is 2.72. The van der Waals surface area contributed by atoms with Gasteiger partial charge in [0.15, 0.2) is 0 Å². The van der Waals surface area contributed by atoms with Gasteiger partial charge in [-0.1, -0.05) is 0 Å². The molecular weight excluding hydrogens is 230 g/mol. The molecule has 1 unspecified atom stereocenters. The monoisotopic (exact) mass is 244 g/mol. The highest BCUT2D eigenvalue weighted by molar-refractivity contribution is 5.48. The van der Waals surface area contributed by atoms with Crippen molar-refractivity contribution in [2.75, 3.05) is 20.8 Å². The molecule has 1 fully saturated rings. The number of nitrogens with zero attached hydrogens (tertiary/aromatic N) is 1. The third kappa shape index (κ3) is 1.63. The van der Waals surface area contributed by atoms with Gasteiger partial charge in [0.25, 0.3) is 5.92 Å². The highest BCUT2D eigenvalue weighted by Crippen LogP contribution is 2.62. The lowest BCUT2D eigenvalue weighted by molar-refractivity contribution is 0.0888. The number of ether oxygens (including phenoxy) is 2. The van der Waals surface area contributed by atoms with Crippen LogP contribution in [0.4, 0.5) is 8.78 Å². The van der Waals surface area contributed by atoms with Crippen molar-refractivity contribution in [1.82, 2.24) is 4.98 Å². The second kappa shape index (κ2) is 3.80. The van der Waals surface area contributed by atoms with Gasteiger partial charge in [0.2, 0.25) is 5.88 Å². The van der Waals surface area contributed by atoms with Crippen molar-refractivity contribution < 1.29 is 18.3 Å². The molecule has 0 aromatic carbocycles. The standard InChI is InChI=1S/C11H14F2N2O2/c1-16-8-4-15-9(17-2)3-7(8)10(6-14)5-11(10,12)13/h3-4H,5-6,14H2,1-2H3. The molecule has 17 heavy (non-hydrogen) atoms. The molecule has 0 aliphatic heterocycles. The van der Waals surface area contributed by atoms with E-state index in [-0.39, 0.29) is 18.8 Å². The van der Waals surface area contributed by atoms with Gasteiger partial charge in [-0.05, 0) is 0 Å². The predicted octanol–water partition coefficient (Wildman–Crippen LogP) is 1.33. The molecule has 0 saturated heterocycles. The summed E-state index contributed by atoms with van der Waals surface area (Å²) in [6.45, 7) is -0.135. The van der Waals surface area contributed by atoms with Gasteiger partial charge in [-0.25, -0.2) is 13.8 Å². The Hall–Kier alpha value is -1.43. The molecule has 2 N–H and O–H groups in total. The Morgan fingerprint density at radius 1 is 1.41 bits per heavy atom. The van der Waals surface area contributed by atoms with Gasteiger partial charge in [0.05, 0.1) is 25.8 Å². The number of nitrogens with two attached hydrogens (primary N) is 1. The summed E-state index contributed by atoms with van der Waals surface area (Å²) in [4.78, 5) is 3.92. The second-order valence-electron chi connectivity index (χ2n) is 4.09. The van der Waals surface area contributed by atoms with Gasteiger partial charge in [-0.15, -0.1) is 0 Å². The fourth-order valence-electron chi connectivity index (χ4n) is 2.03. The van der Waals surface area contributed by atoms with Crippen LogP contribution in [-0.2, 0) is 5.41 Å². The topological polar surface area (TPSA) is 57.4 Å². The summed E-state index contributed by atoms with van der Waals surface area (Å²) in [6.07, 6.45) is 1.11. The van der Waals surface area contributed by atoms with Gasteiger partial charge in [-0.3, -0.25) is 0 Å². The molecule has 1 aromatic rings. The Bertz CT molecular complexity index is 439. The lowest BCUT2D eigenvalue weighted by Crippen LogP contribution is -2.27. The molecule has 1 aromatic heterocycles. The molecular formula is C11H14F2N2O2. The van der Waals surface area contributed by atoms with Crippen molar-refractivity contribution in [2.24, 2.45) is 5.73 Å². The first-order chi connectivity index (χ1) is 8.00. The summed E-state index contributed by atoms with van der Waals surface area (Å²) in [5, 5.41) is 0. The summed E-state index contributed by atoms with van der Waals surface area (Å²) in [7, 11) is 2.84. The van der Waals surface area contributed by atoms with Gasteiger partial charge in [-0.2, -0.15) is 0 Å². The van der Waals surface area contributed by atoms with Crippen molar-refractivity contribution in [1.29, 1.82) is 0 Å². The van der Waals surface area contributed by atoms with E-state index in [1.807, 2.05) is 0 Å². The molecule has 1 aliphatic rings. The second-order valence-corrected chi connectivity index (χ2v) is 4.09. The van der Waals surface area contributed by atoms with Crippen LogP contribution in [0.1, 0.15) is 12.0 Å². The number of rotatable bonds is 4. The summed E-state index contributed by atoms with van der Waals surface area (Å²) >= 11 is 0. The minimum absolute atomic E-state index is 0.135. The molecule has 0 bridgehead atoms. The van der Waals surface area contributed by atoms with Crippen LogP contribution >= 0.6 is 0 Å². The first-order valence-corrected chi connectivity index (χ1v) is 5.17. The highest BCUT2D eigenvalue weighted by atomic mass is 19.3. The maximum absolute atomic E-state index is 13.5. The van der Waals surface area contributed by atoms with E-state index in [1.165, 1.54) is 26.5 Å². The van der Waals surface area contributed by atoms with Gasteiger partial charge in [0.1, 0.15) is 5.75 Å². The zero-order valence-corrected chi connectivity index (χ0v) is 9.67. The average Bonchev–Trinajstić information content (AvgIpc) is 2.92. The van der Waals surface area contributed by atoms with Crippen molar-refractivity contribution >= 4 is 0 Å². The Balaban J connectivity index is 2.50. The van der Waals surface area contributed by atoms with Crippen molar-refractivity contribution in [3.05, 3.63) is 17.8 Å². The molecule has 1 saturated carbocycles. The molecule has 2 rings (SSSR count). The van der Waals surface area contributed by atoms with Gasteiger partial charge < -0.3 is 15.2 Å². The maximum atomic E-state index is 13.5. The number of methoxy groups -OCH3 is 2. The lowest BCUT2D eigenvalue weighted by Gasteiger charge is -2.18. The van der Waals surface area contributed by atoms with Crippen LogP contribution in [-0.4, -0.2) is 31.7 Å². The molecule has 4 nitrogen and oxygen atoms in total. The molecule has 6 heteroatoms. The van der Waals surface area contributed by atoms with Crippen molar-refractivity contribution in [2.45, 2.75) is 17.8 Å². The van der Waals surface area contributed by atoms with E-state index in [4.69, 9.17) is 15.2 Å². The SMILES string of the molecule is COc1cc(C2(CN)CC2(F)F)c(OC)cn1. The van der Waals surface area contributed by atoms with Gasteiger partial charge >= 0.3 is 0 Å². The van der Waals surface area contributed by atoms with Crippen molar-refractivity contribution in [3.8, 4) is 11.6 Å². The molecule has 94 valence electrons. The van der Waals surface area contributed by atoms with E-state index in [0.717, 1.165) is 0 Å². The van der Waals surface area contributed by atoms with E-state index in [0.29, 0.717) is 11.3 Å². The van der Waals surface area contributed by atoms with E-state index in [9.17, 15) is 8.78 Å². The zero-order chi connectivity index (χ0) is 12.7. The molecule has 0 amide bonds. The third-order valence-corrected chi connectivity index (χ3v) is 3.23. The van der Waals surface area contributed by atoms with Crippen LogP contribution in [0.25, 0.3) is 0 Å². The Morgan fingerprint density at radius 3 is 2.47 bits per heavy atom. The molecule has 0 radical (unpaired) electrons. The Morgan fingerprint density at radius 2 is 2.06 bits per heavy atom. The van der Waals surface area contributed by atoms with E-state index < -0.39 is 11.3 Å². The third-order valence-electron chi connectivity index (χ3n) is 3.23. The Labute approximate surface area is 97.7 Å².